The quantitative estimate of drug-likeness (QED) is 0.312. The Morgan fingerprint density at radius 3 is 2.11 bits per heavy atom. The molecule has 2 aliphatic heterocycles. The van der Waals surface area contributed by atoms with Gasteiger partial charge < -0.3 is 13.6 Å². The average molecular weight is 540 g/mol. The van der Waals surface area contributed by atoms with Crippen molar-refractivity contribution >= 4 is 26.7 Å². The average Bonchev–Trinajstić information content (AvgIpc) is 3.27. The Kier molecular flexibility index (Phi) is 6.87. The summed E-state index contributed by atoms with van der Waals surface area (Å²) in [7, 11) is -7.89. The van der Waals surface area contributed by atoms with Gasteiger partial charge in [-0.05, 0) is 69.7 Å². The molecule has 0 bridgehead atoms. The van der Waals surface area contributed by atoms with Crippen LogP contribution in [0.5, 0.6) is 0 Å². The van der Waals surface area contributed by atoms with E-state index in [1.807, 2.05) is 19.1 Å². The fourth-order valence-corrected chi connectivity index (χ4v) is 10.4. The van der Waals surface area contributed by atoms with Crippen LogP contribution in [-0.2, 0) is 23.6 Å². The van der Waals surface area contributed by atoms with Crippen LogP contribution in [-0.4, -0.2) is 59.4 Å². The topological polar surface area (TPSA) is 68.4 Å². The van der Waals surface area contributed by atoms with E-state index in [0.29, 0.717) is 17.9 Å². The Morgan fingerprint density at radius 2 is 1.60 bits per heavy atom. The Bertz CT molecular complexity index is 1040. The molecule has 0 radical (unpaired) electrons. The zero-order chi connectivity index (χ0) is 26.1. The lowest BCUT2D eigenvalue weighted by atomic mass is 9.85. The van der Waals surface area contributed by atoms with Crippen molar-refractivity contribution in [2.75, 3.05) is 6.54 Å². The minimum Gasteiger partial charge on any atom is -0.412 e. The van der Waals surface area contributed by atoms with E-state index in [4.69, 9.17) is 13.6 Å². The van der Waals surface area contributed by atoms with E-state index in [1.165, 1.54) is 0 Å². The van der Waals surface area contributed by atoms with Crippen LogP contribution in [0.25, 0.3) is 0 Å². The number of hydrogen-bond donors (Lipinski definition) is 0. The molecular formula is C26H45NO5SSi2. The van der Waals surface area contributed by atoms with Gasteiger partial charge in [0.05, 0.1) is 11.0 Å². The van der Waals surface area contributed by atoms with Crippen LogP contribution in [0.15, 0.2) is 29.2 Å². The van der Waals surface area contributed by atoms with Gasteiger partial charge >= 0.3 is 0 Å². The van der Waals surface area contributed by atoms with E-state index >= 15 is 0 Å². The first-order valence-electron chi connectivity index (χ1n) is 13.1. The molecule has 198 valence electrons. The Balaban J connectivity index is 1.77. The summed E-state index contributed by atoms with van der Waals surface area (Å²) in [5.74, 6) is 0. The van der Waals surface area contributed by atoms with Gasteiger partial charge in [0, 0.05) is 13.0 Å². The first-order valence-corrected chi connectivity index (χ1v) is 20.8. The summed E-state index contributed by atoms with van der Waals surface area (Å²) in [5, 5.41) is 0.0419. The van der Waals surface area contributed by atoms with Crippen molar-refractivity contribution in [1.82, 2.24) is 4.31 Å². The predicted octanol–water partition coefficient (Wildman–Crippen LogP) is 6.04. The van der Waals surface area contributed by atoms with Crippen LogP contribution in [0.1, 0.15) is 58.4 Å². The van der Waals surface area contributed by atoms with Gasteiger partial charge in [-0.15, -0.1) is 0 Å². The molecule has 0 amide bonds. The third kappa shape index (κ3) is 4.86. The summed E-state index contributed by atoms with van der Waals surface area (Å²) in [6.45, 7) is 19.9. The first kappa shape index (κ1) is 27.5. The molecule has 0 aromatic heterocycles. The molecule has 4 rings (SSSR count). The van der Waals surface area contributed by atoms with Gasteiger partial charge in [-0.25, -0.2) is 8.42 Å². The van der Waals surface area contributed by atoms with E-state index in [0.717, 1.165) is 31.2 Å². The number of fused-ring (bicyclic) bond motifs is 1. The monoisotopic (exact) mass is 539 g/mol. The summed E-state index contributed by atoms with van der Waals surface area (Å²) in [5.41, 5.74) is -0.505. The highest BCUT2D eigenvalue weighted by Crippen LogP contribution is 2.61. The van der Waals surface area contributed by atoms with Crippen molar-refractivity contribution in [2.24, 2.45) is 0 Å². The van der Waals surface area contributed by atoms with Gasteiger partial charge in [-0.2, -0.15) is 4.31 Å². The zero-order valence-corrected chi connectivity index (χ0v) is 25.9. The molecule has 1 aromatic rings. The fourth-order valence-electron chi connectivity index (χ4n) is 5.73. The highest BCUT2D eigenvalue weighted by atomic mass is 32.2. The summed E-state index contributed by atoms with van der Waals surface area (Å²) >= 11 is 0. The van der Waals surface area contributed by atoms with E-state index < -0.39 is 38.0 Å². The van der Waals surface area contributed by atoms with Crippen LogP contribution >= 0.6 is 0 Å². The maximum absolute atomic E-state index is 14.3. The lowest BCUT2D eigenvalue weighted by Crippen LogP contribution is -2.66. The van der Waals surface area contributed by atoms with Gasteiger partial charge in [0.25, 0.3) is 0 Å². The molecule has 2 heterocycles. The van der Waals surface area contributed by atoms with E-state index in [-0.39, 0.29) is 17.2 Å². The molecule has 0 unspecified atom stereocenters. The zero-order valence-electron chi connectivity index (χ0n) is 23.1. The molecule has 6 nitrogen and oxygen atoms in total. The third-order valence-electron chi connectivity index (χ3n) is 8.36. The second-order valence-corrected chi connectivity index (χ2v) is 24.4. The van der Waals surface area contributed by atoms with Crippen molar-refractivity contribution in [3.8, 4) is 0 Å². The van der Waals surface area contributed by atoms with E-state index in [1.54, 1.807) is 16.4 Å². The molecular weight excluding hydrogens is 495 g/mol. The number of epoxide rings is 1. The second kappa shape index (κ2) is 8.75. The lowest BCUT2D eigenvalue weighted by Gasteiger charge is -2.49. The number of benzene rings is 1. The normalized spacial score (nSPS) is 29.7. The number of piperidine rings is 1. The summed E-state index contributed by atoms with van der Waals surface area (Å²) < 4.78 is 50.4. The maximum Gasteiger partial charge on any atom is 0.245 e. The van der Waals surface area contributed by atoms with E-state index in [9.17, 15) is 8.42 Å². The largest absolute Gasteiger partial charge is 0.412 e. The number of nitrogens with zero attached hydrogens (tertiary/aromatic N) is 1. The molecule has 3 aliphatic rings. The van der Waals surface area contributed by atoms with Crippen LogP contribution < -0.4 is 0 Å². The van der Waals surface area contributed by atoms with Crippen LogP contribution in [0.2, 0.25) is 37.8 Å². The highest BCUT2D eigenvalue weighted by Gasteiger charge is 2.78. The number of aryl methyl sites for hydroxylation is 1. The maximum atomic E-state index is 14.3. The summed E-state index contributed by atoms with van der Waals surface area (Å²) in [6.07, 6.45) is 4.05. The summed E-state index contributed by atoms with van der Waals surface area (Å²) in [4.78, 5) is 0.311. The van der Waals surface area contributed by atoms with Crippen LogP contribution in [0, 0.1) is 6.92 Å². The lowest BCUT2D eigenvalue weighted by molar-refractivity contribution is -0.0778. The Labute approximate surface area is 215 Å². The summed E-state index contributed by atoms with van der Waals surface area (Å²) in [6, 6.07) is 7.16. The fraction of sp³-hybridized carbons (Fsp3) is 0.769. The Morgan fingerprint density at radius 1 is 1.03 bits per heavy atom. The Hall–Kier alpha value is -0.556. The molecule has 3 atom stereocenters. The smallest absolute Gasteiger partial charge is 0.245 e. The van der Waals surface area contributed by atoms with Crippen LogP contribution in [0.4, 0.5) is 0 Å². The number of ether oxygens (including phenoxy) is 1. The third-order valence-corrected chi connectivity index (χ3v) is 15.8. The number of sulfonamides is 1. The van der Waals surface area contributed by atoms with Gasteiger partial charge in [-0.1, -0.05) is 51.3 Å². The molecule has 1 aromatic carbocycles. The SMILES string of the molecule is Cc1ccc(S(=O)(=O)N2C[C@@H](O[Si](C)(C)C(C)(C)C)C[C@@H]3O[C@@]32C2(O[Si](C)(C)C)CCCC2)cc1. The molecule has 3 fully saturated rings. The van der Waals surface area contributed by atoms with Crippen LogP contribution in [0.3, 0.4) is 0 Å². The molecule has 9 heteroatoms. The molecule has 2 saturated heterocycles. The van der Waals surface area contributed by atoms with Crippen molar-refractivity contribution < 1.29 is 22.0 Å². The van der Waals surface area contributed by atoms with Gasteiger partial charge in [-0.3, -0.25) is 0 Å². The minimum absolute atomic E-state index is 0.0419. The highest BCUT2D eigenvalue weighted by molar-refractivity contribution is 7.89. The second-order valence-electron chi connectivity index (χ2n) is 13.3. The van der Waals surface area contributed by atoms with Gasteiger partial charge in [0.2, 0.25) is 10.0 Å². The predicted molar refractivity (Wildman–Crippen MR) is 145 cm³/mol. The standard InChI is InChI=1S/C26H45NO5SSi2/c1-20-12-14-22(15-13-20)33(28,29)27-19-21(31-35(8,9)24(2,3)4)18-23-26(27,30-23)25(16-10-11-17-25)32-34(5,6)7/h12-15,21,23H,10-11,16-19H2,1-9H3/t21-,23-,26+/m0/s1. The first-order chi connectivity index (χ1) is 15.9. The van der Waals surface area contributed by atoms with Crippen molar-refractivity contribution in [1.29, 1.82) is 0 Å². The van der Waals surface area contributed by atoms with Crippen molar-refractivity contribution in [3.05, 3.63) is 29.8 Å². The minimum atomic E-state index is -3.82. The molecule has 35 heavy (non-hydrogen) atoms. The molecule has 0 N–H and O–H groups in total. The van der Waals surface area contributed by atoms with Gasteiger partial charge in [0.1, 0.15) is 11.7 Å². The molecule has 1 aliphatic carbocycles. The van der Waals surface area contributed by atoms with E-state index in [2.05, 4.69) is 53.5 Å². The van der Waals surface area contributed by atoms with Crippen molar-refractivity contribution in [2.45, 2.75) is 126 Å². The van der Waals surface area contributed by atoms with Gasteiger partial charge in [0.15, 0.2) is 22.4 Å². The number of rotatable bonds is 7. The molecule has 1 saturated carbocycles. The molecule has 0 spiro atoms. The van der Waals surface area contributed by atoms with Crippen molar-refractivity contribution in [3.63, 3.8) is 0 Å². The number of hydrogen-bond acceptors (Lipinski definition) is 5.